The fourth-order valence-electron chi connectivity index (χ4n) is 2.66. The van der Waals surface area contributed by atoms with Gasteiger partial charge >= 0.3 is 0 Å². The Morgan fingerprint density at radius 3 is 2.38 bits per heavy atom. The van der Waals surface area contributed by atoms with Gasteiger partial charge in [-0.3, -0.25) is 0 Å². The molecule has 0 bridgehead atoms. The number of aromatic nitrogens is 2. The van der Waals surface area contributed by atoms with Crippen molar-refractivity contribution in [2.75, 3.05) is 0 Å². The van der Waals surface area contributed by atoms with Crippen LogP contribution < -0.4 is 0 Å². The van der Waals surface area contributed by atoms with Crippen LogP contribution in [0.1, 0.15) is 11.3 Å². The number of hydrogen-bond donors (Lipinski definition) is 0. The Morgan fingerprint density at radius 1 is 0.875 bits per heavy atom. The molecule has 0 N–H and O–H groups in total. The van der Waals surface area contributed by atoms with Crippen molar-refractivity contribution in [3.05, 3.63) is 71.3 Å². The van der Waals surface area contributed by atoms with Crippen molar-refractivity contribution < 1.29 is 4.52 Å². The molecule has 2 aromatic heterocycles. The van der Waals surface area contributed by atoms with Crippen molar-refractivity contribution in [3.8, 4) is 33.1 Å². The highest BCUT2D eigenvalue weighted by Crippen LogP contribution is 2.37. The maximum absolute atomic E-state index is 5.45. The Hall–Kier alpha value is -2.72. The van der Waals surface area contributed by atoms with E-state index in [2.05, 4.69) is 41.7 Å². The Labute approximate surface area is 144 Å². The van der Waals surface area contributed by atoms with E-state index in [1.165, 1.54) is 5.56 Å². The molecule has 0 saturated heterocycles. The van der Waals surface area contributed by atoms with Gasteiger partial charge in [0.2, 0.25) is 0 Å². The van der Waals surface area contributed by atoms with E-state index in [-0.39, 0.29) is 0 Å². The summed E-state index contributed by atoms with van der Waals surface area (Å²) < 4.78 is 5.45. The second-order valence-electron chi connectivity index (χ2n) is 5.73. The van der Waals surface area contributed by atoms with Crippen LogP contribution in [0.2, 0.25) is 0 Å². The maximum atomic E-state index is 5.45. The van der Waals surface area contributed by atoms with Gasteiger partial charge in [0, 0.05) is 16.5 Å². The topological polar surface area (TPSA) is 38.9 Å². The van der Waals surface area contributed by atoms with Crippen molar-refractivity contribution in [2.24, 2.45) is 0 Å². The molecule has 2 aromatic carbocycles. The Kier molecular flexibility index (Phi) is 3.75. The summed E-state index contributed by atoms with van der Waals surface area (Å²) in [6, 6.07) is 18.5. The standard InChI is InChI=1S/C20H16N2OS/c1-13-8-10-15(11-9-13)17-12-24-20(21-17)18-14(2)23-22-19(18)16-6-4-3-5-7-16/h3-12H,1-2H3. The van der Waals surface area contributed by atoms with E-state index in [1.54, 1.807) is 11.3 Å². The lowest BCUT2D eigenvalue weighted by molar-refractivity contribution is 0.400. The first-order valence-corrected chi connectivity index (χ1v) is 8.65. The van der Waals surface area contributed by atoms with Crippen molar-refractivity contribution in [1.82, 2.24) is 10.1 Å². The zero-order chi connectivity index (χ0) is 16.5. The van der Waals surface area contributed by atoms with E-state index in [0.29, 0.717) is 0 Å². The second kappa shape index (κ2) is 6.06. The Bertz CT molecular complexity index is 969. The van der Waals surface area contributed by atoms with Crippen LogP contribution in [0.4, 0.5) is 0 Å². The molecule has 0 aliphatic carbocycles. The molecule has 0 unspecified atom stereocenters. The lowest BCUT2D eigenvalue weighted by Crippen LogP contribution is -1.84. The summed E-state index contributed by atoms with van der Waals surface area (Å²) in [6.07, 6.45) is 0. The minimum atomic E-state index is 0.790. The van der Waals surface area contributed by atoms with E-state index in [4.69, 9.17) is 9.51 Å². The molecule has 0 amide bonds. The summed E-state index contributed by atoms with van der Waals surface area (Å²) in [5.74, 6) is 0.790. The van der Waals surface area contributed by atoms with Gasteiger partial charge in [-0.15, -0.1) is 11.3 Å². The van der Waals surface area contributed by atoms with Gasteiger partial charge in [0.05, 0.1) is 11.3 Å². The molecule has 0 atom stereocenters. The van der Waals surface area contributed by atoms with Crippen LogP contribution in [-0.4, -0.2) is 10.1 Å². The smallest absolute Gasteiger partial charge is 0.144 e. The molecular formula is C20H16N2OS. The monoisotopic (exact) mass is 332 g/mol. The largest absolute Gasteiger partial charge is 0.360 e. The number of nitrogens with zero attached hydrogens (tertiary/aromatic N) is 2. The van der Waals surface area contributed by atoms with Crippen molar-refractivity contribution in [2.45, 2.75) is 13.8 Å². The predicted octanol–water partition coefficient (Wildman–Crippen LogP) is 5.75. The third-order valence-electron chi connectivity index (χ3n) is 3.98. The molecule has 0 aliphatic rings. The van der Waals surface area contributed by atoms with Crippen molar-refractivity contribution in [3.63, 3.8) is 0 Å². The number of rotatable bonds is 3. The Morgan fingerprint density at radius 2 is 1.62 bits per heavy atom. The van der Waals surface area contributed by atoms with Gasteiger partial charge in [-0.25, -0.2) is 4.98 Å². The summed E-state index contributed by atoms with van der Waals surface area (Å²) in [7, 11) is 0. The fourth-order valence-corrected chi connectivity index (χ4v) is 3.58. The highest BCUT2D eigenvalue weighted by molar-refractivity contribution is 7.13. The third kappa shape index (κ3) is 2.65. The SMILES string of the molecule is Cc1ccc(-c2csc(-c3c(-c4ccccc4)noc3C)n2)cc1. The second-order valence-corrected chi connectivity index (χ2v) is 6.59. The zero-order valence-electron chi connectivity index (χ0n) is 13.5. The van der Waals surface area contributed by atoms with E-state index in [1.807, 2.05) is 37.3 Å². The summed E-state index contributed by atoms with van der Waals surface area (Å²) >= 11 is 1.62. The fraction of sp³-hybridized carbons (Fsp3) is 0.100. The summed E-state index contributed by atoms with van der Waals surface area (Å²) in [4.78, 5) is 4.82. The molecule has 4 aromatic rings. The molecule has 0 saturated carbocycles. The Balaban J connectivity index is 1.78. The van der Waals surface area contributed by atoms with E-state index in [0.717, 1.165) is 38.8 Å². The van der Waals surface area contributed by atoms with Crippen molar-refractivity contribution >= 4 is 11.3 Å². The first-order valence-electron chi connectivity index (χ1n) is 7.77. The third-order valence-corrected chi connectivity index (χ3v) is 4.84. The average Bonchev–Trinajstić information content (AvgIpc) is 3.23. The first kappa shape index (κ1) is 14.8. The normalized spacial score (nSPS) is 10.9. The number of benzene rings is 2. The first-order chi connectivity index (χ1) is 11.7. The van der Waals surface area contributed by atoms with Gasteiger partial charge in [-0.05, 0) is 13.8 Å². The number of hydrogen-bond acceptors (Lipinski definition) is 4. The van der Waals surface area contributed by atoms with Crippen LogP contribution in [0.5, 0.6) is 0 Å². The van der Waals surface area contributed by atoms with Gasteiger partial charge in [0.25, 0.3) is 0 Å². The van der Waals surface area contributed by atoms with Crippen LogP contribution in [-0.2, 0) is 0 Å². The van der Waals surface area contributed by atoms with E-state index in [9.17, 15) is 0 Å². The van der Waals surface area contributed by atoms with Gasteiger partial charge in [0.1, 0.15) is 16.5 Å². The van der Waals surface area contributed by atoms with Crippen LogP contribution in [0, 0.1) is 13.8 Å². The molecule has 0 fully saturated rings. The minimum absolute atomic E-state index is 0.790. The minimum Gasteiger partial charge on any atom is -0.360 e. The van der Waals surface area contributed by atoms with Crippen LogP contribution in [0.25, 0.3) is 33.1 Å². The molecule has 118 valence electrons. The van der Waals surface area contributed by atoms with E-state index >= 15 is 0 Å². The summed E-state index contributed by atoms with van der Waals surface area (Å²) in [5, 5.41) is 7.27. The lowest BCUT2D eigenvalue weighted by atomic mass is 10.1. The molecule has 24 heavy (non-hydrogen) atoms. The maximum Gasteiger partial charge on any atom is 0.144 e. The molecule has 0 aliphatic heterocycles. The van der Waals surface area contributed by atoms with Gasteiger partial charge < -0.3 is 4.52 Å². The van der Waals surface area contributed by atoms with Crippen LogP contribution >= 0.6 is 11.3 Å². The number of aryl methyl sites for hydroxylation is 2. The van der Waals surface area contributed by atoms with Crippen molar-refractivity contribution in [1.29, 1.82) is 0 Å². The van der Waals surface area contributed by atoms with Gasteiger partial charge in [-0.1, -0.05) is 65.3 Å². The lowest BCUT2D eigenvalue weighted by Gasteiger charge is -2.00. The predicted molar refractivity (Wildman–Crippen MR) is 98.0 cm³/mol. The van der Waals surface area contributed by atoms with Gasteiger partial charge in [0.15, 0.2) is 0 Å². The highest BCUT2D eigenvalue weighted by atomic mass is 32.1. The molecular weight excluding hydrogens is 316 g/mol. The number of thiazole rings is 1. The van der Waals surface area contributed by atoms with E-state index < -0.39 is 0 Å². The van der Waals surface area contributed by atoms with Crippen LogP contribution in [0.15, 0.2) is 64.5 Å². The molecule has 0 spiro atoms. The molecule has 2 heterocycles. The summed E-state index contributed by atoms with van der Waals surface area (Å²) in [6.45, 7) is 4.02. The van der Waals surface area contributed by atoms with Crippen LogP contribution in [0.3, 0.4) is 0 Å². The quantitative estimate of drug-likeness (QED) is 0.479. The average molecular weight is 332 g/mol. The summed E-state index contributed by atoms with van der Waals surface area (Å²) in [5.41, 5.74) is 6.21. The highest BCUT2D eigenvalue weighted by Gasteiger charge is 2.19. The molecule has 4 rings (SSSR count). The molecule has 4 heteroatoms. The molecule has 0 radical (unpaired) electrons. The van der Waals surface area contributed by atoms with Gasteiger partial charge in [-0.2, -0.15) is 0 Å². The zero-order valence-corrected chi connectivity index (χ0v) is 14.3. The molecule has 3 nitrogen and oxygen atoms in total.